The summed E-state index contributed by atoms with van der Waals surface area (Å²) in [6, 6.07) is 16.6. The molecule has 0 aromatic heterocycles. The number of halogens is 1. The van der Waals surface area contributed by atoms with E-state index in [2.05, 4.69) is 22.8 Å². The second-order valence-electron chi connectivity index (χ2n) is 11.0. The highest BCUT2D eigenvalue weighted by Gasteiger charge is 2.50. The van der Waals surface area contributed by atoms with Gasteiger partial charge >= 0.3 is 6.03 Å². The fraction of sp³-hybridized carbons (Fsp3) is 0.500. The number of nitrogens with zero attached hydrogens (tertiary/aromatic N) is 1. The summed E-state index contributed by atoms with van der Waals surface area (Å²) in [4.78, 5) is 28.1. The molecule has 2 aromatic rings. The summed E-state index contributed by atoms with van der Waals surface area (Å²) in [7, 11) is 0. The van der Waals surface area contributed by atoms with Crippen molar-refractivity contribution in [2.75, 3.05) is 13.1 Å². The third-order valence-electron chi connectivity index (χ3n) is 7.64. The summed E-state index contributed by atoms with van der Waals surface area (Å²) >= 11 is 6.04. The number of hydrogen-bond donors (Lipinski definition) is 3. The van der Waals surface area contributed by atoms with Gasteiger partial charge in [0.1, 0.15) is 6.04 Å². The van der Waals surface area contributed by atoms with Crippen molar-refractivity contribution >= 4 is 23.5 Å². The molecule has 4 atom stereocenters. The highest BCUT2D eigenvalue weighted by Crippen LogP contribution is 2.46. The molecule has 0 spiro atoms. The number of carbonyl (C=O) groups is 2. The van der Waals surface area contributed by atoms with Crippen molar-refractivity contribution in [3.05, 3.63) is 70.7 Å². The number of amides is 3. The SMILES string of the molecule is CC(C)[C@@H](NC(=O)N[C@H]1C[C@H]1c1ccccc1)C(=O)N1CC[C@](O)(c2ccc(Cl)cc2)C(C)(C)C1. The molecule has 0 bridgehead atoms. The lowest BCUT2D eigenvalue weighted by molar-refractivity contribution is -0.155. The Morgan fingerprint density at radius 3 is 2.34 bits per heavy atom. The zero-order valence-electron chi connectivity index (χ0n) is 20.9. The molecule has 1 aliphatic heterocycles. The van der Waals surface area contributed by atoms with Crippen LogP contribution in [0.1, 0.15) is 57.6 Å². The number of urea groups is 1. The molecular weight excluding hydrogens is 462 g/mol. The van der Waals surface area contributed by atoms with Crippen LogP contribution in [0, 0.1) is 11.3 Å². The van der Waals surface area contributed by atoms with Crippen LogP contribution in [0.5, 0.6) is 0 Å². The van der Waals surface area contributed by atoms with Gasteiger partial charge in [-0.1, -0.05) is 81.8 Å². The first kappa shape index (κ1) is 25.5. The van der Waals surface area contributed by atoms with Crippen molar-refractivity contribution in [2.45, 2.75) is 64.1 Å². The van der Waals surface area contributed by atoms with E-state index in [0.29, 0.717) is 30.5 Å². The van der Waals surface area contributed by atoms with Gasteiger partial charge in [-0.25, -0.2) is 4.79 Å². The molecule has 3 N–H and O–H groups in total. The minimum atomic E-state index is -1.08. The number of benzene rings is 2. The van der Waals surface area contributed by atoms with Crippen LogP contribution in [-0.4, -0.2) is 47.1 Å². The molecule has 2 aromatic carbocycles. The number of hydrogen-bond acceptors (Lipinski definition) is 3. The Bertz CT molecular complexity index is 1060. The van der Waals surface area contributed by atoms with E-state index in [1.807, 2.05) is 58.0 Å². The molecule has 2 fully saturated rings. The number of piperidine rings is 1. The highest BCUT2D eigenvalue weighted by molar-refractivity contribution is 6.30. The molecule has 1 heterocycles. The molecule has 1 aliphatic carbocycles. The summed E-state index contributed by atoms with van der Waals surface area (Å²) in [6.45, 7) is 8.62. The van der Waals surface area contributed by atoms with Gasteiger partial charge in [0.05, 0.1) is 5.60 Å². The largest absolute Gasteiger partial charge is 0.384 e. The smallest absolute Gasteiger partial charge is 0.315 e. The molecule has 1 saturated carbocycles. The Morgan fingerprint density at radius 2 is 1.74 bits per heavy atom. The van der Waals surface area contributed by atoms with E-state index < -0.39 is 17.1 Å². The molecule has 188 valence electrons. The third kappa shape index (κ3) is 5.34. The first-order valence-corrected chi connectivity index (χ1v) is 12.8. The fourth-order valence-corrected chi connectivity index (χ4v) is 5.38. The van der Waals surface area contributed by atoms with Crippen molar-refractivity contribution in [3.63, 3.8) is 0 Å². The zero-order valence-corrected chi connectivity index (χ0v) is 21.7. The summed E-state index contributed by atoms with van der Waals surface area (Å²) < 4.78 is 0. The van der Waals surface area contributed by atoms with Crippen LogP contribution in [-0.2, 0) is 10.4 Å². The fourth-order valence-electron chi connectivity index (χ4n) is 5.26. The van der Waals surface area contributed by atoms with Gasteiger partial charge < -0.3 is 20.6 Å². The van der Waals surface area contributed by atoms with Gasteiger partial charge in [-0.3, -0.25) is 4.79 Å². The van der Waals surface area contributed by atoms with Crippen LogP contribution in [0.2, 0.25) is 5.02 Å². The minimum Gasteiger partial charge on any atom is -0.384 e. The monoisotopic (exact) mass is 497 g/mol. The van der Waals surface area contributed by atoms with Gasteiger partial charge in [0.15, 0.2) is 0 Å². The van der Waals surface area contributed by atoms with Crippen molar-refractivity contribution in [3.8, 4) is 0 Å². The quantitative estimate of drug-likeness (QED) is 0.542. The Hall–Kier alpha value is -2.57. The Labute approximate surface area is 213 Å². The Morgan fingerprint density at radius 1 is 1.09 bits per heavy atom. The van der Waals surface area contributed by atoms with Crippen LogP contribution < -0.4 is 10.6 Å². The maximum atomic E-state index is 13.5. The lowest BCUT2D eigenvalue weighted by atomic mass is 9.66. The molecule has 35 heavy (non-hydrogen) atoms. The second kappa shape index (κ2) is 9.82. The lowest BCUT2D eigenvalue weighted by Crippen LogP contribution is -2.61. The molecule has 1 saturated heterocycles. The molecule has 6 nitrogen and oxygen atoms in total. The van der Waals surface area contributed by atoms with E-state index in [0.717, 1.165) is 12.0 Å². The Kier molecular flexibility index (Phi) is 7.16. The first-order valence-electron chi connectivity index (χ1n) is 12.4. The van der Waals surface area contributed by atoms with E-state index in [4.69, 9.17) is 11.6 Å². The topological polar surface area (TPSA) is 81.7 Å². The number of carbonyl (C=O) groups excluding carboxylic acids is 2. The van der Waals surface area contributed by atoms with Crippen molar-refractivity contribution in [2.24, 2.45) is 11.3 Å². The summed E-state index contributed by atoms with van der Waals surface area (Å²) in [5.74, 6) is 0.137. The maximum Gasteiger partial charge on any atom is 0.315 e. The maximum absolute atomic E-state index is 13.5. The van der Waals surface area contributed by atoms with Crippen LogP contribution in [0.15, 0.2) is 54.6 Å². The van der Waals surface area contributed by atoms with Crippen LogP contribution in [0.4, 0.5) is 4.79 Å². The number of aliphatic hydroxyl groups is 1. The van der Waals surface area contributed by atoms with Crippen LogP contribution >= 0.6 is 11.6 Å². The molecule has 7 heteroatoms. The van der Waals surface area contributed by atoms with E-state index in [1.165, 1.54) is 5.56 Å². The van der Waals surface area contributed by atoms with Crippen molar-refractivity contribution < 1.29 is 14.7 Å². The van der Waals surface area contributed by atoms with E-state index >= 15 is 0 Å². The molecule has 3 amide bonds. The second-order valence-corrected chi connectivity index (χ2v) is 11.4. The average molecular weight is 498 g/mol. The predicted molar refractivity (Wildman–Crippen MR) is 138 cm³/mol. The predicted octanol–water partition coefficient (Wildman–Crippen LogP) is 4.67. The van der Waals surface area contributed by atoms with Gasteiger partial charge in [-0.15, -0.1) is 0 Å². The normalized spacial score (nSPS) is 26.2. The summed E-state index contributed by atoms with van der Waals surface area (Å²) in [6.07, 6.45) is 1.31. The van der Waals surface area contributed by atoms with Gasteiger partial charge in [0.25, 0.3) is 0 Å². The third-order valence-corrected chi connectivity index (χ3v) is 7.89. The van der Waals surface area contributed by atoms with E-state index in [1.54, 1.807) is 17.0 Å². The molecule has 0 radical (unpaired) electrons. The average Bonchev–Trinajstić information content (AvgIpc) is 3.58. The summed E-state index contributed by atoms with van der Waals surface area (Å²) in [5.41, 5.74) is 0.354. The summed E-state index contributed by atoms with van der Waals surface area (Å²) in [5, 5.41) is 18.2. The molecule has 0 unspecified atom stereocenters. The molecular formula is C28H36ClN3O3. The van der Waals surface area contributed by atoms with Gasteiger partial charge in [-0.2, -0.15) is 0 Å². The van der Waals surface area contributed by atoms with Crippen molar-refractivity contribution in [1.82, 2.24) is 15.5 Å². The van der Waals surface area contributed by atoms with Gasteiger partial charge in [0, 0.05) is 35.5 Å². The number of likely N-dealkylation sites (tertiary alicyclic amines) is 1. The number of nitrogens with one attached hydrogen (secondary N) is 2. The van der Waals surface area contributed by atoms with E-state index in [9.17, 15) is 14.7 Å². The zero-order chi connectivity index (χ0) is 25.4. The molecule has 2 aliphatic rings. The Balaban J connectivity index is 1.39. The standard InChI is InChI=1S/C28H36ClN3O3/c1-18(2)24(31-26(34)30-23-16-22(23)19-8-6-5-7-9-19)25(33)32-15-14-28(35,27(3,4)17-32)20-10-12-21(29)13-11-20/h5-13,18,22-24,35H,14-17H2,1-4H3,(H2,30,31,34)/t22-,23-,24+,28-/m0/s1. The molecule has 4 rings (SSSR count). The van der Waals surface area contributed by atoms with Crippen LogP contribution in [0.3, 0.4) is 0 Å². The van der Waals surface area contributed by atoms with Gasteiger partial charge in [0.2, 0.25) is 5.91 Å². The first-order chi connectivity index (χ1) is 16.5. The van der Waals surface area contributed by atoms with Crippen LogP contribution in [0.25, 0.3) is 0 Å². The van der Waals surface area contributed by atoms with Gasteiger partial charge in [-0.05, 0) is 42.0 Å². The van der Waals surface area contributed by atoms with Crippen molar-refractivity contribution in [1.29, 1.82) is 0 Å². The number of rotatable bonds is 6. The minimum absolute atomic E-state index is 0.0717. The highest BCUT2D eigenvalue weighted by atomic mass is 35.5. The lowest BCUT2D eigenvalue weighted by Gasteiger charge is -2.51. The van der Waals surface area contributed by atoms with E-state index in [-0.39, 0.29) is 23.9 Å².